The maximum absolute atomic E-state index is 7.61. The van der Waals surface area contributed by atoms with E-state index in [9.17, 15) is 0 Å². The number of hydrazone groups is 1. The molecule has 9 heteroatoms. The van der Waals surface area contributed by atoms with E-state index in [2.05, 4.69) is 42.9 Å². The summed E-state index contributed by atoms with van der Waals surface area (Å²) >= 11 is 3.30. The summed E-state index contributed by atoms with van der Waals surface area (Å²) in [5, 5.41) is 17.2. The zero-order valence-electron chi connectivity index (χ0n) is 17.0. The first kappa shape index (κ1) is 22.6. The van der Waals surface area contributed by atoms with Gasteiger partial charge in [0.15, 0.2) is 5.96 Å². The number of guanidine groups is 1. The van der Waals surface area contributed by atoms with Crippen molar-refractivity contribution in [1.29, 1.82) is 5.41 Å². The number of allylic oxidation sites excluding steroid dienone is 2. The van der Waals surface area contributed by atoms with Crippen molar-refractivity contribution in [2.24, 2.45) is 21.7 Å². The van der Waals surface area contributed by atoms with Gasteiger partial charge >= 0.3 is 0 Å². The van der Waals surface area contributed by atoms with E-state index in [1.807, 2.05) is 43.4 Å². The number of aliphatic imine (C=N–C) groups is 1. The van der Waals surface area contributed by atoms with Crippen molar-refractivity contribution in [2.75, 3.05) is 27.2 Å². The number of nitrogens with two attached hydrogens (primary N) is 1. The van der Waals surface area contributed by atoms with E-state index < -0.39 is 0 Å². The van der Waals surface area contributed by atoms with Gasteiger partial charge < -0.3 is 16.0 Å². The smallest absolute Gasteiger partial charge is 0.188 e. The van der Waals surface area contributed by atoms with E-state index in [1.54, 1.807) is 17.4 Å². The molecule has 1 aliphatic rings. The SMILES string of the molecule is C=C(Br)/C=N\N(C)/C(=C\C(=N/C)C1CCN(C(=N)N)CC1)NCc1cccnc1. The van der Waals surface area contributed by atoms with Gasteiger partial charge in [0.25, 0.3) is 0 Å². The summed E-state index contributed by atoms with van der Waals surface area (Å²) in [4.78, 5) is 10.6. The first-order valence-electron chi connectivity index (χ1n) is 9.43. The number of nitrogens with one attached hydrogen (secondary N) is 2. The summed E-state index contributed by atoms with van der Waals surface area (Å²) in [7, 11) is 3.69. The van der Waals surface area contributed by atoms with Crippen molar-refractivity contribution in [2.45, 2.75) is 19.4 Å². The molecule has 0 aromatic carbocycles. The van der Waals surface area contributed by atoms with Crippen molar-refractivity contribution < 1.29 is 0 Å². The summed E-state index contributed by atoms with van der Waals surface area (Å²) < 4.78 is 0.692. The van der Waals surface area contributed by atoms with E-state index >= 15 is 0 Å². The first-order valence-corrected chi connectivity index (χ1v) is 10.2. The molecule has 0 amide bonds. The van der Waals surface area contributed by atoms with E-state index in [-0.39, 0.29) is 5.96 Å². The first-order chi connectivity index (χ1) is 13.9. The van der Waals surface area contributed by atoms with E-state index in [0.29, 0.717) is 16.9 Å². The molecule has 0 aliphatic carbocycles. The summed E-state index contributed by atoms with van der Waals surface area (Å²) in [6.45, 7) is 5.94. The molecule has 1 saturated heterocycles. The van der Waals surface area contributed by atoms with Crippen LogP contribution in [0.15, 0.2) is 57.6 Å². The van der Waals surface area contributed by atoms with Crippen molar-refractivity contribution in [3.8, 4) is 0 Å². The largest absolute Gasteiger partial charge is 0.370 e. The summed E-state index contributed by atoms with van der Waals surface area (Å²) in [5.74, 6) is 1.28. The normalized spacial score (nSPS) is 16.2. The topological polar surface area (TPSA) is 106 Å². The van der Waals surface area contributed by atoms with Gasteiger partial charge in [-0.2, -0.15) is 5.10 Å². The Hall–Kier alpha value is -2.68. The number of piperidine rings is 1. The van der Waals surface area contributed by atoms with Crippen molar-refractivity contribution >= 4 is 33.8 Å². The second kappa shape index (κ2) is 11.4. The number of rotatable bonds is 8. The Labute approximate surface area is 180 Å². The maximum atomic E-state index is 7.61. The van der Waals surface area contributed by atoms with Crippen molar-refractivity contribution in [3.05, 3.63) is 53.0 Å². The van der Waals surface area contributed by atoms with E-state index in [0.717, 1.165) is 43.0 Å². The lowest BCUT2D eigenvalue weighted by Crippen LogP contribution is -2.43. The summed E-state index contributed by atoms with van der Waals surface area (Å²) in [6.07, 6.45) is 9.09. The third-order valence-electron chi connectivity index (χ3n) is 4.71. The predicted molar refractivity (Wildman–Crippen MR) is 123 cm³/mol. The van der Waals surface area contributed by atoms with Crippen LogP contribution in [0.3, 0.4) is 0 Å². The van der Waals surface area contributed by atoms with Gasteiger partial charge in [-0.05, 0) is 40.4 Å². The molecule has 0 unspecified atom stereocenters. The van der Waals surface area contributed by atoms with Gasteiger partial charge in [-0.15, -0.1) is 0 Å². The minimum absolute atomic E-state index is 0.136. The molecule has 1 fully saturated rings. The Morgan fingerprint density at radius 1 is 1.52 bits per heavy atom. The third-order valence-corrected chi connectivity index (χ3v) is 4.92. The van der Waals surface area contributed by atoms with Crippen molar-refractivity contribution in [1.82, 2.24) is 20.2 Å². The monoisotopic (exact) mass is 460 g/mol. The van der Waals surface area contributed by atoms with Crippen LogP contribution in [0.4, 0.5) is 0 Å². The lowest BCUT2D eigenvalue weighted by molar-refractivity contribution is 0.305. The highest BCUT2D eigenvalue weighted by Crippen LogP contribution is 2.20. The highest BCUT2D eigenvalue weighted by molar-refractivity contribution is 9.12. The fourth-order valence-electron chi connectivity index (χ4n) is 3.09. The van der Waals surface area contributed by atoms with Gasteiger partial charge in [0, 0.05) is 68.3 Å². The molecule has 2 heterocycles. The minimum Gasteiger partial charge on any atom is -0.370 e. The van der Waals surface area contributed by atoms with Crippen LogP contribution >= 0.6 is 15.9 Å². The number of hydrogen-bond donors (Lipinski definition) is 3. The highest BCUT2D eigenvalue weighted by atomic mass is 79.9. The van der Waals surface area contributed by atoms with Crippen molar-refractivity contribution in [3.63, 3.8) is 0 Å². The highest BCUT2D eigenvalue weighted by Gasteiger charge is 2.23. The minimum atomic E-state index is 0.136. The molecular weight excluding hydrogens is 432 g/mol. The zero-order chi connectivity index (χ0) is 21.2. The van der Waals surface area contributed by atoms with Crippen LogP contribution in [0.25, 0.3) is 0 Å². The fraction of sp³-hybridized carbons (Fsp3) is 0.400. The Morgan fingerprint density at radius 3 is 2.79 bits per heavy atom. The average Bonchev–Trinajstić information content (AvgIpc) is 2.73. The number of halogens is 1. The van der Waals surface area contributed by atoms with Crippen LogP contribution in [0.5, 0.6) is 0 Å². The average molecular weight is 461 g/mol. The molecule has 156 valence electrons. The Morgan fingerprint density at radius 2 is 2.24 bits per heavy atom. The van der Waals surface area contributed by atoms with Gasteiger partial charge in [0.2, 0.25) is 0 Å². The fourth-order valence-corrected chi connectivity index (χ4v) is 3.18. The number of hydrogen-bond acceptors (Lipinski definition) is 6. The molecule has 29 heavy (non-hydrogen) atoms. The molecule has 0 atom stereocenters. The van der Waals surface area contributed by atoms with Crippen LogP contribution in [0, 0.1) is 11.3 Å². The third kappa shape index (κ3) is 7.34. The quantitative estimate of drug-likeness (QED) is 0.314. The summed E-state index contributed by atoms with van der Waals surface area (Å²) in [6, 6.07) is 3.94. The van der Waals surface area contributed by atoms with E-state index in [1.165, 1.54) is 0 Å². The number of aromatic nitrogens is 1. The molecule has 4 N–H and O–H groups in total. The van der Waals surface area contributed by atoms with Crippen LogP contribution in [0.1, 0.15) is 18.4 Å². The second-order valence-corrected chi connectivity index (χ2v) is 7.77. The zero-order valence-corrected chi connectivity index (χ0v) is 18.6. The number of likely N-dealkylation sites (tertiary alicyclic amines) is 1. The number of pyridine rings is 1. The molecule has 1 aromatic heterocycles. The molecule has 2 rings (SSSR count). The standard InChI is InChI=1S/C20H29BrN8/c1-15(21)12-27-28(3)19(26-14-16-5-4-8-25-13-16)11-18(24-2)17-6-9-29(10-7-17)20(22)23/h4-5,8,11-13,17,26H,1,6-7,9-10,14H2,2-3H3,(H3,22,23)/b19-11-,24-18+,27-12-. The molecule has 1 aliphatic heterocycles. The Kier molecular flexibility index (Phi) is 8.85. The number of nitrogens with zero attached hydrogens (tertiary/aromatic N) is 5. The second-order valence-electron chi connectivity index (χ2n) is 6.75. The van der Waals surface area contributed by atoms with Gasteiger partial charge in [-0.25, -0.2) is 0 Å². The van der Waals surface area contributed by atoms with Crippen LogP contribution in [-0.4, -0.2) is 60.0 Å². The van der Waals surface area contributed by atoms with Gasteiger partial charge in [0.1, 0.15) is 5.82 Å². The molecular formula is C20H29BrN8. The maximum Gasteiger partial charge on any atom is 0.188 e. The Balaban J connectivity index is 2.16. The molecule has 1 aromatic rings. The molecule has 0 bridgehead atoms. The van der Waals surface area contributed by atoms with Crippen LogP contribution in [0.2, 0.25) is 0 Å². The summed E-state index contributed by atoms with van der Waals surface area (Å²) in [5.41, 5.74) is 7.69. The lowest BCUT2D eigenvalue weighted by atomic mass is 9.91. The molecule has 8 nitrogen and oxygen atoms in total. The van der Waals surface area contributed by atoms with Gasteiger partial charge in [0.05, 0.1) is 6.21 Å². The Bertz CT molecular complexity index is 779. The van der Waals surface area contributed by atoms with E-state index in [4.69, 9.17) is 11.1 Å². The lowest BCUT2D eigenvalue weighted by Gasteiger charge is -2.32. The molecule has 0 spiro atoms. The van der Waals surface area contributed by atoms with Gasteiger partial charge in [-0.1, -0.05) is 12.6 Å². The molecule has 0 saturated carbocycles. The van der Waals surface area contributed by atoms with Crippen LogP contribution in [-0.2, 0) is 6.54 Å². The van der Waals surface area contributed by atoms with Crippen LogP contribution < -0.4 is 11.1 Å². The predicted octanol–water partition coefficient (Wildman–Crippen LogP) is 2.52. The molecule has 0 radical (unpaired) electrons. The van der Waals surface area contributed by atoms with Gasteiger partial charge in [-0.3, -0.25) is 20.4 Å².